The van der Waals surface area contributed by atoms with Crippen molar-refractivity contribution in [3.8, 4) is 5.75 Å². The number of thiocarbonyl (C=S) groups is 1. The van der Waals surface area contributed by atoms with Crippen molar-refractivity contribution in [3.05, 3.63) is 64.2 Å². The quantitative estimate of drug-likeness (QED) is 0.481. The van der Waals surface area contributed by atoms with Crippen molar-refractivity contribution in [2.24, 2.45) is 0 Å². The molecule has 0 unspecified atom stereocenters. The minimum Gasteiger partial charge on any atom is -0.497 e. The molecule has 0 bridgehead atoms. The normalized spacial score (nSPS) is 9.96. The van der Waals surface area contributed by atoms with Crippen molar-refractivity contribution >= 4 is 28.7 Å². The van der Waals surface area contributed by atoms with Gasteiger partial charge in [0.25, 0.3) is 5.69 Å². The zero-order valence-electron chi connectivity index (χ0n) is 12.6. The monoisotopic (exact) mass is 331 g/mol. The summed E-state index contributed by atoms with van der Waals surface area (Å²) in [6.45, 7) is 0.660. The van der Waals surface area contributed by atoms with Crippen LogP contribution in [0.3, 0.4) is 0 Å². The second-order valence-corrected chi connectivity index (χ2v) is 5.19. The molecular formula is C16H17N3O3S. The van der Waals surface area contributed by atoms with Gasteiger partial charge in [-0.15, -0.1) is 0 Å². The van der Waals surface area contributed by atoms with Crippen LogP contribution in [0.1, 0.15) is 5.56 Å². The Labute approximate surface area is 139 Å². The molecule has 7 heteroatoms. The Hall–Kier alpha value is -2.67. The lowest BCUT2D eigenvalue weighted by molar-refractivity contribution is -0.384. The summed E-state index contributed by atoms with van der Waals surface area (Å²) in [6.07, 6.45) is 0.806. The summed E-state index contributed by atoms with van der Waals surface area (Å²) < 4.78 is 5.11. The van der Waals surface area contributed by atoms with E-state index in [0.717, 1.165) is 17.7 Å². The molecule has 0 aliphatic heterocycles. The highest BCUT2D eigenvalue weighted by atomic mass is 32.1. The maximum Gasteiger partial charge on any atom is 0.271 e. The second kappa shape index (κ2) is 8.09. The van der Waals surface area contributed by atoms with Gasteiger partial charge in [-0.05, 0) is 42.4 Å². The van der Waals surface area contributed by atoms with Gasteiger partial charge in [0, 0.05) is 24.4 Å². The van der Waals surface area contributed by atoms with Gasteiger partial charge >= 0.3 is 0 Å². The van der Waals surface area contributed by atoms with Crippen molar-refractivity contribution in [1.29, 1.82) is 0 Å². The number of nitro groups is 1. The summed E-state index contributed by atoms with van der Waals surface area (Å²) in [7, 11) is 1.63. The average molecular weight is 331 g/mol. The number of rotatable bonds is 6. The molecule has 2 rings (SSSR count). The number of hydrogen-bond acceptors (Lipinski definition) is 4. The smallest absolute Gasteiger partial charge is 0.271 e. The van der Waals surface area contributed by atoms with Gasteiger partial charge in [-0.1, -0.05) is 18.2 Å². The molecule has 0 aliphatic carbocycles. The molecule has 0 saturated carbocycles. The molecule has 0 amide bonds. The Morgan fingerprint density at radius 1 is 1.26 bits per heavy atom. The van der Waals surface area contributed by atoms with Gasteiger partial charge in [-0.25, -0.2) is 0 Å². The molecule has 0 aliphatic rings. The lowest BCUT2D eigenvalue weighted by Gasteiger charge is -2.10. The minimum absolute atomic E-state index is 0.0241. The lowest BCUT2D eigenvalue weighted by atomic mass is 10.1. The zero-order valence-corrected chi connectivity index (χ0v) is 13.4. The summed E-state index contributed by atoms with van der Waals surface area (Å²) >= 11 is 5.19. The first-order valence-electron chi connectivity index (χ1n) is 7.01. The first kappa shape index (κ1) is 16.7. The molecule has 0 radical (unpaired) electrons. The molecule has 0 atom stereocenters. The Morgan fingerprint density at radius 2 is 2.00 bits per heavy atom. The number of anilines is 1. The van der Waals surface area contributed by atoms with Gasteiger partial charge < -0.3 is 15.4 Å². The van der Waals surface area contributed by atoms with Crippen LogP contribution in [0.5, 0.6) is 5.75 Å². The molecular weight excluding hydrogens is 314 g/mol. The standard InChI is InChI=1S/C16H17N3O3S/c1-22-15-7-5-12(6-8-15)9-10-17-16(23)18-13-3-2-4-14(11-13)19(20)21/h2-8,11H,9-10H2,1H3,(H2,17,18,23). The Balaban J connectivity index is 1.80. The van der Waals surface area contributed by atoms with Crippen LogP contribution >= 0.6 is 12.2 Å². The third kappa shape index (κ3) is 5.23. The van der Waals surface area contributed by atoms with Crippen LogP contribution in [0.2, 0.25) is 0 Å². The lowest BCUT2D eigenvalue weighted by Crippen LogP contribution is -2.30. The number of nitrogens with one attached hydrogen (secondary N) is 2. The van der Waals surface area contributed by atoms with Gasteiger partial charge in [0.1, 0.15) is 5.75 Å². The summed E-state index contributed by atoms with van der Waals surface area (Å²) in [6, 6.07) is 14.0. The van der Waals surface area contributed by atoms with Gasteiger partial charge in [0.15, 0.2) is 5.11 Å². The number of benzene rings is 2. The molecule has 120 valence electrons. The maximum absolute atomic E-state index is 10.7. The number of non-ortho nitro benzene ring substituents is 1. The fraction of sp³-hybridized carbons (Fsp3) is 0.188. The van der Waals surface area contributed by atoms with E-state index < -0.39 is 4.92 Å². The molecule has 0 fully saturated rings. The molecule has 2 aromatic rings. The first-order chi connectivity index (χ1) is 11.1. The average Bonchev–Trinajstić information content (AvgIpc) is 2.55. The second-order valence-electron chi connectivity index (χ2n) is 4.79. The van der Waals surface area contributed by atoms with Crippen LogP contribution in [0.25, 0.3) is 0 Å². The number of methoxy groups -OCH3 is 1. The van der Waals surface area contributed by atoms with Crippen LogP contribution in [0.4, 0.5) is 11.4 Å². The highest BCUT2D eigenvalue weighted by Gasteiger charge is 2.06. The summed E-state index contributed by atoms with van der Waals surface area (Å²) in [5, 5.41) is 17.2. The summed E-state index contributed by atoms with van der Waals surface area (Å²) in [5.74, 6) is 0.824. The third-order valence-electron chi connectivity index (χ3n) is 3.17. The van der Waals surface area contributed by atoms with Gasteiger partial charge in [-0.2, -0.15) is 0 Å². The van der Waals surface area contributed by atoms with E-state index in [9.17, 15) is 10.1 Å². The van der Waals surface area contributed by atoms with Crippen molar-refractivity contribution in [2.75, 3.05) is 19.0 Å². The first-order valence-corrected chi connectivity index (χ1v) is 7.41. The molecule has 23 heavy (non-hydrogen) atoms. The molecule has 2 N–H and O–H groups in total. The molecule has 0 heterocycles. The van der Waals surface area contributed by atoms with E-state index in [1.165, 1.54) is 12.1 Å². The predicted molar refractivity (Wildman–Crippen MR) is 94.0 cm³/mol. The van der Waals surface area contributed by atoms with E-state index in [4.69, 9.17) is 17.0 Å². The van der Waals surface area contributed by atoms with Crippen molar-refractivity contribution in [1.82, 2.24) is 5.32 Å². The third-order valence-corrected chi connectivity index (χ3v) is 3.42. The minimum atomic E-state index is -0.439. The predicted octanol–water partition coefficient (Wildman–Crippen LogP) is 3.13. The summed E-state index contributed by atoms with van der Waals surface area (Å²) in [4.78, 5) is 10.3. The Kier molecular flexibility index (Phi) is 5.87. The Morgan fingerprint density at radius 3 is 2.65 bits per heavy atom. The molecule has 0 spiro atoms. The van der Waals surface area contributed by atoms with E-state index in [-0.39, 0.29) is 5.69 Å². The van der Waals surface area contributed by atoms with Crippen LogP contribution in [-0.2, 0) is 6.42 Å². The van der Waals surface area contributed by atoms with Gasteiger partial charge in [0.2, 0.25) is 0 Å². The topological polar surface area (TPSA) is 76.4 Å². The van der Waals surface area contributed by atoms with E-state index in [0.29, 0.717) is 17.3 Å². The van der Waals surface area contributed by atoms with Crippen LogP contribution in [0.15, 0.2) is 48.5 Å². The van der Waals surface area contributed by atoms with Crippen LogP contribution in [0, 0.1) is 10.1 Å². The van der Waals surface area contributed by atoms with E-state index >= 15 is 0 Å². The van der Waals surface area contributed by atoms with E-state index in [1.807, 2.05) is 24.3 Å². The highest BCUT2D eigenvalue weighted by Crippen LogP contribution is 2.16. The van der Waals surface area contributed by atoms with Crippen molar-refractivity contribution < 1.29 is 9.66 Å². The van der Waals surface area contributed by atoms with Gasteiger partial charge in [0.05, 0.1) is 12.0 Å². The fourth-order valence-corrected chi connectivity index (χ4v) is 2.21. The SMILES string of the molecule is COc1ccc(CCNC(=S)Nc2cccc([N+](=O)[O-])c2)cc1. The molecule has 2 aromatic carbocycles. The van der Waals surface area contributed by atoms with E-state index in [1.54, 1.807) is 19.2 Å². The number of hydrogen-bond donors (Lipinski definition) is 2. The van der Waals surface area contributed by atoms with Gasteiger partial charge in [-0.3, -0.25) is 10.1 Å². The fourth-order valence-electron chi connectivity index (χ4n) is 1.99. The zero-order chi connectivity index (χ0) is 16.7. The Bertz CT molecular complexity index is 689. The highest BCUT2D eigenvalue weighted by molar-refractivity contribution is 7.80. The van der Waals surface area contributed by atoms with Crippen molar-refractivity contribution in [3.63, 3.8) is 0 Å². The van der Waals surface area contributed by atoms with Crippen LogP contribution in [-0.4, -0.2) is 23.7 Å². The van der Waals surface area contributed by atoms with Crippen molar-refractivity contribution in [2.45, 2.75) is 6.42 Å². The largest absolute Gasteiger partial charge is 0.497 e. The van der Waals surface area contributed by atoms with E-state index in [2.05, 4.69) is 10.6 Å². The summed E-state index contributed by atoms with van der Waals surface area (Å²) in [5.41, 5.74) is 1.77. The molecule has 0 aromatic heterocycles. The number of nitro benzene ring substituents is 1. The molecule has 0 saturated heterocycles. The molecule has 6 nitrogen and oxygen atoms in total. The van der Waals surface area contributed by atoms with Crippen LogP contribution < -0.4 is 15.4 Å². The maximum atomic E-state index is 10.7. The number of nitrogens with zero attached hydrogens (tertiary/aromatic N) is 1. The number of ether oxygens (including phenoxy) is 1.